The second kappa shape index (κ2) is 9.95. The summed E-state index contributed by atoms with van der Waals surface area (Å²) < 4.78 is 0. The van der Waals surface area contributed by atoms with Gasteiger partial charge in [0.1, 0.15) is 11.1 Å². The van der Waals surface area contributed by atoms with E-state index in [4.69, 9.17) is 0 Å². The Morgan fingerprint density at radius 1 is 0.556 bits per heavy atom. The average molecular weight is 491 g/mol. The molecule has 0 fully saturated rings. The summed E-state index contributed by atoms with van der Waals surface area (Å²) in [4.78, 5) is 48.1. The summed E-state index contributed by atoms with van der Waals surface area (Å²) in [5.74, 6) is -1.44. The maximum atomic E-state index is 13.1. The lowest BCUT2D eigenvalue weighted by molar-refractivity contribution is -0.385. The van der Waals surface area contributed by atoms with Crippen molar-refractivity contribution in [3.05, 3.63) is 101 Å². The Balaban J connectivity index is 2.03. The number of carbonyl (C=O) groups excluding carboxylic acids is 2. The minimum atomic E-state index is -0.722. The first kappa shape index (κ1) is 26.0. The molecule has 186 valence electrons. The Kier molecular flexibility index (Phi) is 7.19. The van der Waals surface area contributed by atoms with Crippen LogP contribution >= 0.6 is 0 Å². The predicted molar refractivity (Wildman–Crippen MR) is 137 cm³/mol. The zero-order valence-corrected chi connectivity index (χ0v) is 20.8. The van der Waals surface area contributed by atoms with Crippen molar-refractivity contribution in [1.29, 1.82) is 0 Å². The molecule has 0 saturated heterocycles. The molecule has 0 saturated carbocycles. The molecule has 0 aliphatic heterocycles. The third kappa shape index (κ3) is 5.22. The third-order valence-electron chi connectivity index (χ3n) is 6.24. The number of carbonyl (C=O) groups is 2. The summed E-state index contributed by atoms with van der Waals surface area (Å²) in [7, 11) is 0. The highest BCUT2D eigenvalue weighted by atomic mass is 16.6. The zero-order chi connectivity index (χ0) is 26.9. The molecule has 0 aliphatic rings. The van der Waals surface area contributed by atoms with Gasteiger partial charge < -0.3 is 10.6 Å². The van der Waals surface area contributed by atoms with Gasteiger partial charge in [0.25, 0.3) is 23.2 Å². The van der Waals surface area contributed by atoms with E-state index < -0.39 is 21.7 Å². The van der Waals surface area contributed by atoms with Crippen LogP contribution < -0.4 is 10.6 Å². The van der Waals surface area contributed by atoms with Crippen molar-refractivity contribution in [3.63, 3.8) is 0 Å². The van der Waals surface area contributed by atoms with Gasteiger partial charge in [-0.3, -0.25) is 29.8 Å². The highest BCUT2D eigenvalue weighted by molar-refractivity contribution is 6.12. The van der Waals surface area contributed by atoms with E-state index >= 15 is 0 Å². The highest BCUT2D eigenvalue weighted by Gasteiger charge is 2.25. The molecule has 3 aromatic rings. The molecule has 3 aromatic carbocycles. The van der Waals surface area contributed by atoms with Crippen molar-refractivity contribution in [2.24, 2.45) is 0 Å². The number of benzene rings is 3. The molecule has 3 rings (SSSR count). The molecule has 2 N–H and O–H groups in total. The minimum Gasteiger partial charge on any atom is -0.320 e. The number of nitro groups is 2. The van der Waals surface area contributed by atoms with Crippen molar-refractivity contribution in [2.75, 3.05) is 10.6 Å². The molecule has 0 bridgehead atoms. The highest BCUT2D eigenvalue weighted by Crippen LogP contribution is 2.31. The van der Waals surface area contributed by atoms with E-state index in [0.29, 0.717) is 22.3 Å². The molecule has 0 heterocycles. The number of anilines is 2. The van der Waals surface area contributed by atoms with Gasteiger partial charge in [-0.15, -0.1) is 0 Å². The van der Waals surface area contributed by atoms with Crippen molar-refractivity contribution >= 4 is 34.6 Å². The Hall–Kier alpha value is -4.60. The first-order valence-corrected chi connectivity index (χ1v) is 11.0. The molecular formula is C26H26N4O6. The number of hydrogen-bond donors (Lipinski definition) is 2. The molecule has 10 nitrogen and oxygen atoms in total. The van der Waals surface area contributed by atoms with Crippen LogP contribution in [0.1, 0.15) is 54.1 Å². The van der Waals surface area contributed by atoms with Gasteiger partial charge in [0.15, 0.2) is 0 Å². The van der Waals surface area contributed by atoms with Gasteiger partial charge >= 0.3 is 0 Å². The summed E-state index contributed by atoms with van der Waals surface area (Å²) in [6.45, 7) is 10.5. The molecule has 0 aromatic heterocycles. The molecule has 2 amide bonds. The SMILES string of the molecule is Cc1cc(NC(=O)c2cc(C)c(C)cc2[N+](=O)[O-])c(NC(=O)c2cc(C)c(C)cc2[N+](=O)[O-])cc1C. The van der Waals surface area contributed by atoms with E-state index in [1.807, 2.05) is 13.8 Å². The van der Waals surface area contributed by atoms with Crippen LogP contribution in [0.4, 0.5) is 22.7 Å². The summed E-state index contributed by atoms with van der Waals surface area (Å²) in [6.07, 6.45) is 0. The van der Waals surface area contributed by atoms with Crippen molar-refractivity contribution in [1.82, 2.24) is 0 Å². The Bertz CT molecular complexity index is 1340. The van der Waals surface area contributed by atoms with Gasteiger partial charge in [-0.05, 0) is 99.2 Å². The fraction of sp³-hybridized carbons (Fsp3) is 0.231. The molecule has 0 radical (unpaired) electrons. The van der Waals surface area contributed by atoms with Gasteiger partial charge in [-0.25, -0.2) is 0 Å². The second-order valence-electron chi connectivity index (χ2n) is 8.81. The largest absolute Gasteiger partial charge is 0.320 e. The van der Waals surface area contributed by atoms with Gasteiger partial charge in [0.05, 0.1) is 21.2 Å². The van der Waals surface area contributed by atoms with Gasteiger partial charge in [-0.2, -0.15) is 0 Å². The maximum Gasteiger partial charge on any atom is 0.282 e. The summed E-state index contributed by atoms with van der Waals surface area (Å²) >= 11 is 0. The van der Waals surface area contributed by atoms with Crippen LogP contribution in [0, 0.1) is 61.8 Å². The Labute approximate surface area is 207 Å². The topological polar surface area (TPSA) is 144 Å². The number of nitrogens with one attached hydrogen (secondary N) is 2. The normalized spacial score (nSPS) is 10.6. The Morgan fingerprint density at radius 2 is 0.833 bits per heavy atom. The van der Waals surface area contributed by atoms with Crippen LogP contribution in [-0.4, -0.2) is 21.7 Å². The predicted octanol–water partition coefficient (Wildman–Crippen LogP) is 5.86. The molecule has 0 spiro atoms. The van der Waals surface area contributed by atoms with Crippen LogP contribution in [0.5, 0.6) is 0 Å². The van der Waals surface area contributed by atoms with E-state index in [-0.39, 0.29) is 33.9 Å². The number of rotatable bonds is 6. The van der Waals surface area contributed by atoms with E-state index in [1.165, 1.54) is 24.3 Å². The minimum absolute atomic E-state index is 0.122. The maximum absolute atomic E-state index is 13.1. The first-order valence-electron chi connectivity index (χ1n) is 11.0. The molecule has 10 heteroatoms. The average Bonchev–Trinajstić information content (AvgIpc) is 2.79. The van der Waals surface area contributed by atoms with E-state index in [2.05, 4.69) is 10.6 Å². The van der Waals surface area contributed by atoms with Gasteiger partial charge in [-0.1, -0.05) is 0 Å². The van der Waals surface area contributed by atoms with E-state index in [9.17, 15) is 29.8 Å². The number of aryl methyl sites for hydroxylation is 6. The lowest BCUT2D eigenvalue weighted by atomic mass is 10.0. The molecule has 0 unspecified atom stereocenters. The van der Waals surface area contributed by atoms with Crippen LogP contribution in [-0.2, 0) is 0 Å². The van der Waals surface area contributed by atoms with Crippen molar-refractivity contribution < 1.29 is 19.4 Å². The fourth-order valence-corrected chi connectivity index (χ4v) is 3.67. The van der Waals surface area contributed by atoms with Crippen LogP contribution in [0.25, 0.3) is 0 Å². The van der Waals surface area contributed by atoms with Crippen LogP contribution in [0.3, 0.4) is 0 Å². The first-order chi connectivity index (χ1) is 16.8. The monoisotopic (exact) mass is 490 g/mol. The summed E-state index contributed by atoms with van der Waals surface area (Å²) in [5, 5.41) is 28.4. The lowest BCUT2D eigenvalue weighted by Gasteiger charge is -2.16. The number of nitrogens with zero attached hydrogens (tertiary/aromatic N) is 2. The smallest absolute Gasteiger partial charge is 0.282 e. The number of amides is 2. The van der Waals surface area contributed by atoms with E-state index in [1.54, 1.807) is 39.8 Å². The number of hydrogen-bond acceptors (Lipinski definition) is 6. The van der Waals surface area contributed by atoms with Crippen molar-refractivity contribution in [2.45, 2.75) is 41.5 Å². The standard InChI is InChI=1S/C26H26N4O6/c1-13-7-19(23(29(33)34)11-17(13)5)25(31)27-21-9-15(3)16(4)10-22(21)28-26(32)20-8-14(2)18(6)12-24(20)30(35)36/h7-12H,1-6H3,(H,27,31)(H,28,32). The quantitative estimate of drug-likeness (QED) is 0.327. The molecule has 36 heavy (non-hydrogen) atoms. The fourth-order valence-electron chi connectivity index (χ4n) is 3.67. The third-order valence-corrected chi connectivity index (χ3v) is 6.24. The van der Waals surface area contributed by atoms with Gasteiger partial charge in [0.2, 0.25) is 0 Å². The molecule has 0 aliphatic carbocycles. The number of nitro benzene ring substituents is 2. The van der Waals surface area contributed by atoms with Gasteiger partial charge in [0, 0.05) is 12.1 Å². The summed E-state index contributed by atoms with van der Waals surface area (Å²) in [5.41, 5.74) is 3.86. The van der Waals surface area contributed by atoms with Crippen LogP contribution in [0.15, 0.2) is 36.4 Å². The summed E-state index contributed by atoms with van der Waals surface area (Å²) in [6, 6.07) is 8.83. The Morgan fingerprint density at radius 3 is 1.14 bits per heavy atom. The second-order valence-corrected chi connectivity index (χ2v) is 8.81. The molecule has 0 atom stereocenters. The lowest BCUT2D eigenvalue weighted by Crippen LogP contribution is -2.19. The molecular weight excluding hydrogens is 464 g/mol. The van der Waals surface area contributed by atoms with Crippen LogP contribution in [0.2, 0.25) is 0 Å². The zero-order valence-electron chi connectivity index (χ0n) is 20.8. The van der Waals surface area contributed by atoms with E-state index in [0.717, 1.165) is 11.1 Å². The van der Waals surface area contributed by atoms with Crippen molar-refractivity contribution in [3.8, 4) is 0 Å².